The Kier molecular flexibility index (Phi) is 4.94. The molecule has 0 aliphatic heterocycles. The average Bonchev–Trinajstić information content (AvgIpc) is 3.23. The Balaban J connectivity index is 1.75. The highest BCUT2D eigenvalue weighted by Crippen LogP contribution is 2.33. The molecule has 3 aromatic rings. The quantitative estimate of drug-likeness (QED) is 0.731. The molecule has 0 fully saturated rings. The Hall–Kier alpha value is -2.65. The van der Waals surface area contributed by atoms with E-state index in [-0.39, 0.29) is 17.9 Å². The van der Waals surface area contributed by atoms with Crippen molar-refractivity contribution in [3.8, 4) is 6.07 Å². The topological polar surface area (TPSA) is 70.7 Å². The molecule has 0 saturated heterocycles. The van der Waals surface area contributed by atoms with Gasteiger partial charge in [-0.15, -0.1) is 11.3 Å². The molecule has 0 saturated carbocycles. The van der Waals surface area contributed by atoms with Crippen LogP contribution >= 0.6 is 11.3 Å². The van der Waals surface area contributed by atoms with Crippen molar-refractivity contribution >= 4 is 28.1 Å². The van der Waals surface area contributed by atoms with Crippen LogP contribution in [0.4, 0.5) is 0 Å². The summed E-state index contributed by atoms with van der Waals surface area (Å²) in [5, 5.41) is 16.9. The summed E-state index contributed by atoms with van der Waals surface area (Å²) in [6, 6.07) is 8.33. The standard InChI is InChI=1S/C22H24N4OS/c1-13(2)22(27)25-16-5-7-21-19(9-16)18-8-15(10-23)4-6-20(18)26(21)11-17-12-28-14(3)24-17/h4,6,8,12-13,16H,5,7,9,11H2,1-3H3,(H,25,27)/t16-/m1/s1. The molecule has 1 N–H and O–H groups in total. The number of benzene rings is 1. The van der Waals surface area contributed by atoms with Gasteiger partial charge in [-0.2, -0.15) is 5.26 Å². The van der Waals surface area contributed by atoms with E-state index >= 15 is 0 Å². The Labute approximate surface area is 169 Å². The van der Waals surface area contributed by atoms with E-state index in [0.717, 1.165) is 47.4 Å². The molecule has 1 aliphatic carbocycles. The summed E-state index contributed by atoms with van der Waals surface area (Å²) < 4.78 is 2.35. The van der Waals surface area contributed by atoms with E-state index in [1.54, 1.807) is 11.3 Å². The van der Waals surface area contributed by atoms with Crippen molar-refractivity contribution in [1.29, 1.82) is 5.26 Å². The lowest BCUT2D eigenvalue weighted by Gasteiger charge is -2.25. The molecule has 28 heavy (non-hydrogen) atoms. The zero-order chi connectivity index (χ0) is 19.8. The fourth-order valence-corrected chi connectivity index (χ4v) is 4.64. The van der Waals surface area contributed by atoms with Crippen LogP contribution in [0.15, 0.2) is 23.6 Å². The van der Waals surface area contributed by atoms with E-state index in [1.165, 1.54) is 11.3 Å². The highest BCUT2D eigenvalue weighted by Gasteiger charge is 2.27. The lowest BCUT2D eigenvalue weighted by molar-refractivity contribution is -0.124. The maximum atomic E-state index is 12.2. The van der Waals surface area contributed by atoms with Gasteiger partial charge < -0.3 is 9.88 Å². The molecule has 0 unspecified atom stereocenters. The molecule has 5 nitrogen and oxygen atoms in total. The van der Waals surface area contributed by atoms with Crippen LogP contribution in [0.25, 0.3) is 10.9 Å². The van der Waals surface area contributed by atoms with Crippen LogP contribution in [0.2, 0.25) is 0 Å². The van der Waals surface area contributed by atoms with Crippen LogP contribution in [0.5, 0.6) is 0 Å². The van der Waals surface area contributed by atoms with E-state index in [1.807, 2.05) is 39.0 Å². The van der Waals surface area contributed by atoms with E-state index in [0.29, 0.717) is 5.56 Å². The zero-order valence-electron chi connectivity index (χ0n) is 16.5. The van der Waals surface area contributed by atoms with Gasteiger partial charge in [-0.1, -0.05) is 13.8 Å². The number of nitriles is 1. The highest BCUT2D eigenvalue weighted by atomic mass is 32.1. The van der Waals surface area contributed by atoms with Gasteiger partial charge in [0.2, 0.25) is 5.91 Å². The number of fused-ring (bicyclic) bond motifs is 3. The van der Waals surface area contributed by atoms with Gasteiger partial charge in [0, 0.05) is 33.9 Å². The van der Waals surface area contributed by atoms with Gasteiger partial charge in [-0.3, -0.25) is 4.79 Å². The molecule has 6 heteroatoms. The molecule has 2 aromatic heterocycles. The smallest absolute Gasteiger partial charge is 0.222 e. The minimum absolute atomic E-state index is 0.0131. The first kappa shape index (κ1) is 18.7. The van der Waals surface area contributed by atoms with Crippen molar-refractivity contribution in [1.82, 2.24) is 14.9 Å². The Morgan fingerprint density at radius 2 is 2.29 bits per heavy atom. The van der Waals surface area contributed by atoms with Gasteiger partial charge in [0.05, 0.1) is 28.9 Å². The van der Waals surface area contributed by atoms with Crippen molar-refractivity contribution in [3.63, 3.8) is 0 Å². The predicted octanol–water partition coefficient (Wildman–Crippen LogP) is 3.96. The Morgan fingerprint density at radius 3 is 2.96 bits per heavy atom. The number of amides is 1. The molecule has 1 aromatic carbocycles. The van der Waals surface area contributed by atoms with Crippen LogP contribution < -0.4 is 5.32 Å². The maximum absolute atomic E-state index is 12.2. The van der Waals surface area contributed by atoms with Crippen molar-refractivity contribution < 1.29 is 4.79 Å². The summed E-state index contributed by atoms with van der Waals surface area (Å²) in [5.74, 6) is 0.0914. The molecule has 144 valence electrons. The molecule has 0 spiro atoms. The largest absolute Gasteiger partial charge is 0.353 e. The highest BCUT2D eigenvalue weighted by molar-refractivity contribution is 7.09. The van der Waals surface area contributed by atoms with Crippen molar-refractivity contribution in [2.24, 2.45) is 5.92 Å². The number of aryl methyl sites for hydroxylation is 1. The van der Waals surface area contributed by atoms with E-state index in [2.05, 4.69) is 26.3 Å². The monoisotopic (exact) mass is 392 g/mol. The third kappa shape index (κ3) is 3.43. The Morgan fingerprint density at radius 1 is 1.46 bits per heavy atom. The number of rotatable bonds is 4. The van der Waals surface area contributed by atoms with Crippen LogP contribution in [-0.4, -0.2) is 21.5 Å². The van der Waals surface area contributed by atoms with Crippen molar-refractivity contribution in [3.05, 3.63) is 51.1 Å². The second-order valence-electron chi connectivity index (χ2n) is 7.82. The molecule has 0 radical (unpaired) electrons. The fraction of sp³-hybridized carbons (Fsp3) is 0.409. The minimum Gasteiger partial charge on any atom is -0.353 e. The van der Waals surface area contributed by atoms with E-state index in [9.17, 15) is 10.1 Å². The first-order valence-electron chi connectivity index (χ1n) is 9.71. The van der Waals surface area contributed by atoms with Crippen molar-refractivity contribution in [2.75, 3.05) is 0 Å². The maximum Gasteiger partial charge on any atom is 0.222 e. The van der Waals surface area contributed by atoms with Gasteiger partial charge in [0.1, 0.15) is 0 Å². The first-order chi connectivity index (χ1) is 13.5. The fourth-order valence-electron chi connectivity index (χ4n) is 4.03. The minimum atomic E-state index is -0.0131. The van der Waals surface area contributed by atoms with E-state index < -0.39 is 0 Å². The Bertz CT molecular complexity index is 1090. The molecule has 1 aliphatic rings. The van der Waals surface area contributed by atoms with Crippen LogP contribution in [0.3, 0.4) is 0 Å². The summed E-state index contributed by atoms with van der Waals surface area (Å²) in [6.07, 6.45) is 2.66. The third-order valence-electron chi connectivity index (χ3n) is 5.45. The summed E-state index contributed by atoms with van der Waals surface area (Å²) in [6.45, 7) is 6.61. The van der Waals surface area contributed by atoms with Gasteiger partial charge >= 0.3 is 0 Å². The summed E-state index contributed by atoms with van der Waals surface area (Å²) in [7, 11) is 0. The second kappa shape index (κ2) is 7.40. The van der Waals surface area contributed by atoms with Gasteiger partial charge in [-0.05, 0) is 49.9 Å². The normalized spacial score (nSPS) is 16.2. The number of nitrogens with zero attached hydrogens (tertiary/aromatic N) is 3. The first-order valence-corrected chi connectivity index (χ1v) is 10.6. The second-order valence-corrected chi connectivity index (χ2v) is 8.88. The molecule has 0 bridgehead atoms. The molecule has 2 heterocycles. The summed E-state index contributed by atoms with van der Waals surface area (Å²) in [4.78, 5) is 16.8. The lowest BCUT2D eigenvalue weighted by Crippen LogP contribution is -2.41. The summed E-state index contributed by atoms with van der Waals surface area (Å²) in [5.41, 5.74) is 5.46. The third-order valence-corrected chi connectivity index (χ3v) is 6.28. The number of hydrogen-bond acceptors (Lipinski definition) is 4. The van der Waals surface area contributed by atoms with Gasteiger partial charge in [0.25, 0.3) is 0 Å². The number of carbonyl (C=O) groups excluding carboxylic acids is 1. The molecule has 4 rings (SSSR count). The van der Waals surface area contributed by atoms with Crippen molar-refractivity contribution in [2.45, 2.75) is 52.6 Å². The lowest BCUT2D eigenvalue weighted by atomic mass is 9.90. The molecular formula is C22H24N4OS. The zero-order valence-corrected chi connectivity index (χ0v) is 17.3. The molecule has 1 atom stereocenters. The SMILES string of the molecule is Cc1nc(Cn2c3c(c4cc(C#N)ccc42)C[C@H](NC(=O)C(C)C)CC3)cs1. The van der Waals surface area contributed by atoms with Gasteiger partial charge in [-0.25, -0.2) is 4.98 Å². The number of nitrogens with one attached hydrogen (secondary N) is 1. The van der Waals surface area contributed by atoms with Crippen LogP contribution in [-0.2, 0) is 24.2 Å². The molecule has 1 amide bonds. The average molecular weight is 393 g/mol. The molecular weight excluding hydrogens is 368 g/mol. The predicted molar refractivity (Wildman–Crippen MR) is 111 cm³/mol. The van der Waals surface area contributed by atoms with Crippen LogP contribution in [0, 0.1) is 24.2 Å². The van der Waals surface area contributed by atoms with Gasteiger partial charge in [0.15, 0.2) is 0 Å². The number of aromatic nitrogens is 2. The van der Waals surface area contributed by atoms with E-state index in [4.69, 9.17) is 0 Å². The van der Waals surface area contributed by atoms with Crippen LogP contribution in [0.1, 0.15) is 47.8 Å². The number of carbonyl (C=O) groups is 1. The number of hydrogen-bond donors (Lipinski definition) is 1. The summed E-state index contributed by atoms with van der Waals surface area (Å²) >= 11 is 1.67. The number of thiazole rings is 1.